The van der Waals surface area contributed by atoms with Crippen LogP contribution in [0.25, 0.3) is 0 Å². The molecule has 0 bridgehead atoms. The number of piperidine rings is 1. The maximum Gasteiger partial charge on any atom is 0.229 e. The molecule has 3 heteroatoms. The number of hydrogen-bond acceptors (Lipinski definition) is 2. The van der Waals surface area contributed by atoms with Crippen molar-refractivity contribution in [2.24, 2.45) is 5.92 Å². The average Bonchev–Trinajstić information content (AvgIpc) is 2.59. The van der Waals surface area contributed by atoms with E-state index in [1.807, 2.05) is 14.0 Å². The van der Waals surface area contributed by atoms with Gasteiger partial charge in [0.1, 0.15) is 0 Å². The van der Waals surface area contributed by atoms with Crippen LogP contribution in [-0.2, 0) is 11.2 Å². The van der Waals surface area contributed by atoms with E-state index in [1.54, 1.807) is 0 Å². The molecule has 1 aromatic rings. The number of benzene rings is 1. The molecule has 1 atom stereocenters. The van der Waals surface area contributed by atoms with Crippen LogP contribution in [0.5, 0.6) is 0 Å². The number of carbonyl (C=O) groups is 1. The van der Waals surface area contributed by atoms with E-state index in [1.165, 1.54) is 12.0 Å². The van der Waals surface area contributed by atoms with Crippen molar-refractivity contribution in [2.45, 2.75) is 45.4 Å². The summed E-state index contributed by atoms with van der Waals surface area (Å²) in [5.41, 5.74) is 2.47. The molecular formula is C19H30N2O. The topological polar surface area (TPSA) is 32.3 Å². The van der Waals surface area contributed by atoms with Gasteiger partial charge in [0.2, 0.25) is 5.91 Å². The second kappa shape index (κ2) is 8.33. The lowest BCUT2D eigenvalue weighted by atomic mass is 9.91. The summed E-state index contributed by atoms with van der Waals surface area (Å²) < 4.78 is 0. The number of nitrogens with one attached hydrogen (secondary N) is 1. The minimum absolute atomic E-state index is 0.0280. The lowest BCUT2D eigenvalue weighted by Gasteiger charge is -2.33. The van der Waals surface area contributed by atoms with Crippen molar-refractivity contribution in [1.29, 1.82) is 0 Å². The first-order chi connectivity index (χ1) is 10.7. The van der Waals surface area contributed by atoms with E-state index in [4.69, 9.17) is 0 Å². The van der Waals surface area contributed by atoms with E-state index < -0.39 is 0 Å². The number of carbonyl (C=O) groups excluding carboxylic acids is 1. The first-order valence-corrected chi connectivity index (χ1v) is 8.68. The molecule has 2 rings (SSSR count). The monoisotopic (exact) mass is 302 g/mol. The highest BCUT2D eigenvalue weighted by molar-refractivity contribution is 5.83. The van der Waals surface area contributed by atoms with Crippen LogP contribution in [-0.4, -0.2) is 37.5 Å². The van der Waals surface area contributed by atoms with Gasteiger partial charge in [-0.05, 0) is 63.2 Å². The fraction of sp³-hybridized carbons (Fsp3) is 0.632. The fourth-order valence-electron chi connectivity index (χ4n) is 3.25. The summed E-state index contributed by atoms with van der Waals surface area (Å²) >= 11 is 0. The number of hydrogen-bond donors (Lipinski definition) is 1. The van der Waals surface area contributed by atoms with Crippen LogP contribution >= 0.6 is 0 Å². The zero-order valence-corrected chi connectivity index (χ0v) is 14.3. The molecule has 1 fully saturated rings. The molecule has 1 aromatic carbocycles. The van der Waals surface area contributed by atoms with E-state index in [2.05, 4.69) is 41.4 Å². The standard InChI is InChI=1S/C19H30N2O/c1-4-16-5-7-18(8-6-16)15(2)19(22)21-13-10-17(11-14-21)9-12-20-3/h5-8,15,17,20H,4,9-14H2,1-3H3. The second-order valence-corrected chi connectivity index (χ2v) is 6.48. The van der Waals surface area contributed by atoms with Gasteiger partial charge in [-0.3, -0.25) is 4.79 Å². The highest BCUT2D eigenvalue weighted by atomic mass is 16.2. The molecule has 0 saturated carbocycles. The van der Waals surface area contributed by atoms with Gasteiger partial charge in [0.15, 0.2) is 0 Å². The second-order valence-electron chi connectivity index (χ2n) is 6.48. The van der Waals surface area contributed by atoms with Gasteiger partial charge >= 0.3 is 0 Å². The maximum absolute atomic E-state index is 12.7. The van der Waals surface area contributed by atoms with Crippen LogP contribution in [0.15, 0.2) is 24.3 Å². The molecule has 0 aliphatic carbocycles. The fourth-order valence-corrected chi connectivity index (χ4v) is 3.25. The molecule has 3 nitrogen and oxygen atoms in total. The molecule has 0 spiro atoms. The minimum atomic E-state index is -0.0280. The van der Waals surface area contributed by atoms with Crippen LogP contribution in [0.3, 0.4) is 0 Å². The molecule has 1 N–H and O–H groups in total. The molecule has 1 amide bonds. The highest BCUT2D eigenvalue weighted by Gasteiger charge is 2.26. The first kappa shape index (κ1) is 17.0. The van der Waals surface area contributed by atoms with E-state index in [9.17, 15) is 4.79 Å². The summed E-state index contributed by atoms with van der Waals surface area (Å²) in [5.74, 6) is 1.03. The molecular weight excluding hydrogens is 272 g/mol. The Labute approximate surface area is 135 Å². The Morgan fingerprint density at radius 1 is 1.27 bits per heavy atom. The summed E-state index contributed by atoms with van der Waals surface area (Å²) in [4.78, 5) is 14.8. The van der Waals surface area contributed by atoms with E-state index in [-0.39, 0.29) is 11.8 Å². The molecule has 1 aliphatic heterocycles. The third-order valence-electron chi connectivity index (χ3n) is 4.99. The molecule has 22 heavy (non-hydrogen) atoms. The Bertz CT molecular complexity index is 461. The summed E-state index contributed by atoms with van der Waals surface area (Å²) in [5, 5.41) is 3.22. The summed E-state index contributed by atoms with van der Waals surface area (Å²) in [7, 11) is 2.00. The maximum atomic E-state index is 12.7. The van der Waals surface area contributed by atoms with Crippen LogP contribution in [0.1, 0.15) is 50.2 Å². The predicted octanol–water partition coefficient (Wildman–Crippen LogP) is 3.20. The van der Waals surface area contributed by atoms with Crippen molar-refractivity contribution < 1.29 is 4.79 Å². The van der Waals surface area contributed by atoms with Crippen molar-refractivity contribution in [2.75, 3.05) is 26.7 Å². The lowest BCUT2D eigenvalue weighted by Crippen LogP contribution is -2.41. The van der Waals surface area contributed by atoms with Gasteiger partial charge in [-0.1, -0.05) is 31.2 Å². The van der Waals surface area contributed by atoms with Gasteiger partial charge < -0.3 is 10.2 Å². The summed E-state index contributed by atoms with van der Waals surface area (Å²) in [6.45, 7) is 7.12. The number of nitrogens with zero attached hydrogens (tertiary/aromatic N) is 1. The molecule has 1 unspecified atom stereocenters. The first-order valence-electron chi connectivity index (χ1n) is 8.68. The van der Waals surface area contributed by atoms with Crippen molar-refractivity contribution >= 4 is 5.91 Å². The normalized spacial score (nSPS) is 17.5. The van der Waals surface area contributed by atoms with Gasteiger partial charge in [0, 0.05) is 13.1 Å². The molecule has 1 aliphatic rings. The molecule has 1 saturated heterocycles. The van der Waals surface area contributed by atoms with E-state index in [0.717, 1.165) is 50.4 Å². The van der Waals surface area contributed by atoms with E-state index in [0.29, 0.717) is 0 Å². The van der Waals surface area contributed by atoms with Crippen molar-refractivity contribution in [3.8, 4) is 0 Å². The molecule has 1 heterocycles. The van der Waals surface area contributed by atoms with Gasteiger partial charge in [-0.2, -0.15) is 0 Å². The van der Waals surface area contributed by atoms with Gasteiger partial charge in [0.25, 0.3) is 0 Å². The third kappa shape index (κ3) is 4.33. The van der Waals surface area contributed by atoms with Crippen LogP contribution in [0, 0.1) is 5.92 Å². The van der Waals surface area contributed by atoms with E-state index >= 15 is 0 Å². The number of amides is 1. The minimum Gasteiger partial charge on any atom is -0.342 e. The Morgan fingerprint density at radius 2 is 1.91 bits per heavy atom. The number of rotatable bonds is 6. The average molecular weight is 302 g/mol. The highest BCUT2D eigenvalue weighted by Crippen LogP contribution is 2.24. The van der Waals surface area contributed by atoms with Gasteiger partial charge in [-0.15, -0.1) is 0 Å². The molecule has 0 aromatic heterocycles. The molecule has 0 radical (unpaired) electrons. The van der Waals surface area contributed by atoms with Crippen molar-refractivity contribution in [1.82, 2.24) is 10.2 Å². The van der Waals surface area contributed by atoms with Crippen LogP contribution in [0.2, 0.25) is 0 Å². The summed E-state index contributed by atoms with van der Waals surface area (Å²) in [6.07, 6.45) is 4.57. The SMILES string of the molecule is CCc1ccc(C(C)C(=O)N2CCC(CCNC)CC2)cc1. The Morgan fingerprint density at radius 3 is 2.45 bits per heavy atom. The Balaban J connectivity index is 1.88. The van der Waals surface area contributed by atoms with Crippen LogP contribution < -0.4 is 5.32 Å². The van der Waals surface area contributed by atoms with Gasteiger partial charge in [0.05, 0.1) is 5.92 Å². The third-order valence-corrected chi connectivity index (χ3v) is 4.99. The number of aryl methyl sites for hydroxylation is 1. The van der Waals surface area contributed by atoms with Crippen LogP contribution in [0.4, 0.5) is 0 Å². The molecule has 122 valence electrons. The van der Waals surface area contributed by atoms with Crippen molar-refractivity contribution in [3.05, 3.63) is 35.4 Å². The summed E-state index contributed by atoms with van der Waals surface area (Å²) in [6, 6.07) is 8.51. The Hall–Kier alpha value is -1.35. The quantitative estimate of drug-likeness (QED) is 0.875. The predicted molar refractivity (Wildman–Crippen MR) is 92.1 cm³/mol. The zero-order valence-electron chi connectivity index (χ0n) is 14.3. The lowest BCUT2D eigenvalue weighted by molar-refractivity contribution is -0.133. The van der Waals surface area contributed by atoms with Gasteiger partial charge in [-0.25, -0.2) is 0 Å². The Kier molecular flexibility index (Phi) is 6.44. The zero-order chi connectivity index (χ0) is 15.9. The smallest absolute Gasteiger partial charge is 0.229 e. The van der Waals surface area contributed by atoms with Crippen molar-refractivity contribution in [3.63, 3.8) is 0 Å². The number of likely N-dealkylation sites (tertiary alicyclic amines) is 1. The largest absolute Gasteiger partial charge is 0.342 e.